The monoisotopic (exact) mass is 365 g/mol. The predicted molar refractivity (Wildman–Crippen MR) is 105 cm³/mol. The van der Waals surface area contributed by atoms with E-state index in [0.29, 0.717) is 18.2 Å². The van der Waals surface area contributed by atoms with Gasteiger partial charge in [-0.3, -0.25) is 4.90 Å². The summed E-state index contributed by atoms with van der Waals surface area (Å²) < 4.78 is 11.3. The normalized spacial score (nSPS) is 15.9. The Hall–Kier alpha value is -2.39. The third kappa shape index (κ3) is 5.80. The average Bonchev–Trinajstić information content (AvgIpc) is 2.73. The molecule has 0 spiro atoms. The van der Waals surface area contributed by atoms with E-state index >= 15 is 0 Å². The molecule has 2 aromatic rings. The molecule has 1 unspecified atom stereocenters. The van der Waals surface area contributed by atoms with E-state index in [9.17, 15) is 5.26 Å². The highest BCUT2D eigenvalue weighted by atomic mass is 16.5. The first-order chi connectivity index (χ1) is 13.3. The summed E-state index contributed by atoms with van der Waals surface area (Å²) in [6, 6.07) is 18.4. The van der Waals surface area contributed by atoms with Gasteiger partial charge in [-0.1, -0.05) is 30.3 Å². The van der Waals surface area contributed by atoms with Gasteiger partial charge >= 0.3 is 0 Å². The summed E-state index contributed by atoms with van der Waals surface area (Å²) in [6.07, 6.45) is 0. The van der Waals surface area contributed by atoms with Crippen LogP contribution in [0.5, 0.6) is 5.75 Å². The molecule has 1 heterocycles. The minimum Gasteiger partial charge on any atom is -0.489 e. The van der Waals surface area contributed by atoms with Crippen molar-refractivity contribution in [3.8, 4) is 11.8 Å². The van der Waals surface area contributed by atoms with E-state index in [1.807, 2.05) is 36.4 Å². The van der Waals surface area contributed by atoms with Gasteiger partial charge in [0.05, 0.1) is 24.8 Å². The molecule has 5 heteroatoms. The first-order valence-corrected chi connectivity index (χ1v) is 9.48. The van der Waals surface area contributed by atoms with Gasteiger partial charge in [-0.2, -0.15) is 5.26 Å². The maximum Gasteiger partial charge on any atom is 0.120 e. The molecule has 1 aliphatic rings. The van der Waals surface area contributed by atoms with Crippen LogP contribution in [-0.4, -0.2) is 43.8 Å². The smallest absolute Gasteiger partial charge is 0.120 e. The van der Waals surface area contributed by atoms with E-state index in [2.05, 4.69) is 35.3 Å². The Morgan fingerprint density at radius 3 is 2.81 bits per heavy atom. The summed E-state index contributed by atoms with van der Waals surface area (Å²) in [5.41, 5.74) is 2.76. The lowest BCUT2D eigenvalue weighted by Crippen LogP contribution is -2.46. The molecule has 0 amide bonds. The van der Waals surface area contributed by atoms with Crippen LogP contribution in [0.2, 0.25) is 0 Å². The Bertz CT molecular complexity index is 766. The number of rotatable bonds is 8. The van der Waals surface area contributed by atoms with Gasteiger partial charge in [0.15, 0.2) is 0 Å². The Morgan fingerprint density at radius 2 is 2.00 bits per heavy atom. The summed E-state index contributed by atoms with van der Waals surface area (Å²) in [5.74, 6) is 0.822. The molecular weight excluding hydrogens is 338 g/mol. The van der Waals surface area contributed by atoms with Crippen LogP contribution < -0.4 is 10.1 Å². The molecule has 0 bridgehead atoms. The zero-order valence-corrected chi connectivity index (χ0v) is 15.9. The molecule has 2 aromatic carbocycles. The summed E-state index contributed by atoms with van der Waals surface area (Å²) in [7, 11) is 0. The molecule has 3 rings (SSSR count). The van der Waals surface area contributed by atoms with Crippen LogP contribution in [0.15, 0.2) is 48.5 Å². The van der Waals surface area contributed by atoms with Crippen LogP contribution in [-0.2, 0) is 17.9 Å². The fourth-order valence-corrected chi connectivity index (χ4v) is 3.23. The van der Waals surface area contributed by atoms with Crippen LogP contribution in [0.25, 0.3) is 0 Å². The number of hydrogen-bond acceptors (Lipinski definition) is 5. The molecule has 5 nitrogen and oxygen atoms in total. The maximum atomic E-state index is 9.17. The fraction of sp³-hybridized carbons (Fsp3) is 0.409. The molecule has 0 radical (unpaired) electrons. The number of morpholine rings is 1. The van der Waals surface area contributed by atoms with E-state index in [-0.39, 0.29) is 0 Å². The summed E-state index contributed by atoms with van der Waals surface area (Å²) in [4.78, 5) is 2.46. The van der Waals surface area contributed by atoms with Crippen LogP contribution in [0.1, 0.15) is 23.6 Å². The number of ether oxygens (including phenoxy) is 2. The number of nitrogens with one attached hydrogen (secondary N) is 1. The van der Waals surface area contributed by atoms with Gasteiger partial charge in [-0.15, -0.1) is 0 Å². The molecule has 0 saturated carbocycles. The van der Waals surface area contributed by atoms with E-state index < -0.39 is 0 Å². The Labute approximate surface area is 161 Å². The Balaban J connectivity index is 1.48. The van der Waals surface area contributed by atoms with Crippen LogP contribution >= 0.6 is 0 Å². The van der Waals surface area contributed by atoms with Crippen molar-refractivity contribution in [2.45, 2.75) is 26.1 Å². The third-order valence-electron chi connectivity index (χ3n) is 4.87. The second-order valence-corrected chi connectivity index (χ2v) is 6.83. The summed E-state index contributed by atoms with van der Waals surface area (Å²) >= 11 is 0. The molecular formula is C22H27N3O2. The van der Waals surface area contributed by atoms with Crippen molar-refractivity contribution in [3.63, 3.8) is 0 Å². The first kappa shape index (κ1) is 19.4. The number of benzene rings is 2. The Morgan fingerprint density at radius 1 is 1.19 bits per heavy atom. The van der Waals surface area contributed by atoms with Crippen molar-refractivity contribution >= 4 is 0 Å². The topological polar surface area (TPSA) is 57.5 Å². The number of hydrogen-bond donors (Lipinski definition) is 1. The van der Waals surface area contributed by atoms with E-state index in [4.69, 9.17) is 9.47 Å². The molecule has 1 N–H and O–H groups in total. The highest BCUT2D eigenvalue weighted by molar-refractivity contribution is 5.37. The second kappa shape index (κ2) is 10.1. The number of nitriles is 1. The summed E-state index contributed by atoms with van der Waals surface area (Å²) in [6.45, 7) is 8.09. The lowest BCUT2D eigenvalue weighted by molar-refractivity contribution is 0.0203. The van der Waals surface area contributed by atoms with Gasteiger partial charge in [0.25, 0.3) is 0 Å². The van der Waals surface area contributed by atoms with Crippen LogP contribution in [0.4, 0.5) is 0 Å². The minimum absolute atomic E-state index is 0.398. The SMILES string of the molecule is CC(CNCc1cccc(OCc2ccccc2C#N)c1)N1CCOCC1. The molecule has 27 heavy (non-hydrogen) atoms. The maximum absolute atomic E-state index is 9.17. The highest BCUT2D eigenvalue weighted by Crippen LogP contribution is 2.17. The van der Waals surface area contributed by atoms with Gasteiger partial charge in [-0.25, -0.2) is 0 Å². The molecule has 142 valence electrons. The number of nitrogens with zero attached hydrogens (tertiary/aromatic N) is 2. The summed E-state index contributed by atoms with van der Waals surface area (Å²) in [5, 5.41) is 12.7. The van der Waals surface area contributed by atoms with Gasteiger partial charge < -0.3 is 14.8 Å². The molecule has 0 aliphatic carbocycles. The van der Waals surface area contributed by atoms with Crippen molar-refractivity contribution in [1.82, 2.24) is 10.2 Å². The standard InChI is InChI=1S/C22H27N3O2/c1-18(25-9-11-26-12-10-25)15-24-16-19-5-4-8-22(13-19)27-17-21-7-3-2-6-20(21)14-23/h2-8,13,18,24H,9-12,15-17H2,1H3. The molecule has 1 aliphatic heterocycles. The third-order valence-corrected chi connectivity index (χ3v) is 4.87. The van der Waals surface area contributed by atoms with Gasteiger partial charge in [0, 0.05) is 37.8 Å². The van der Waals surface area contributed by atoms with Gasteiger partial charge in [-0.05, 0) is 30.7 Å². The van der Waals surface area contributed by atoms with Gasteiger partial charge in [0.2, 0.25) is 0 Å². The van der Waals surface area contributed by atoms with E-state index in [1.165, 1.54) is 5.56 Å². The first-order valence-electron chi connectivity index (χ1n) is 9.48. The lowest BCUT2D eigenvalue weighted by atomic mass is 10.1. The van der Waals surface area contributed by atoms with Crippen LogP contribution in [0, 0.1) is 11.3 Å². The lowest BCUT2D eigenvalue weighted by Gasteiger charge is -2.32. The second-order valence-electron chi connectivity index (χ2n) is 6.83. The van der Waals surface area contributed by atoms with Crippen molar-refractivity contribution in [1.29, 1.82) is 5.26 Å². The minimum atomic E-state index is 0.398. The zero-order chi connectivity index (χ0) is 18.9. The van der Waals surface area contributed by atoms with E-state index in [1.54, 1.807) is 0 Å². The van der Waals surface area contributed by atoms with Crippen LogP contribution in [0.3, 0.4) is 0 Å². The molecule has 0 aromatic heterocycles. The quantitative estimate of drug-likeness (QED) is 0.779. The van der Waals surface area contributed by atoms with E-state index in [0.717, 1.165) is 50.7 Å². The highest BCUT2D eigenvalue weighted by Gasteiger charge is 2.16. The van der Waals surface area contributed by atoms with Crippen molar-refractivity contribution in [3.05, 3.63) is 65.2 Å². The largest absolute Gasteiger partial charge is 0.489 e. The molecule has 1 fully saturated rings. The van der Waals surface area contributed by atoms with Crippen molar-refractivity contribution in [2.24, 2.45) is 0 Å². The molecule has 1 saturated heterocycles. The fourth-order valence-electron chi connectivity index (χ4n) is 3.23. The van der Waals surface area contributed by atoms with Crippen molar-refractivity contribution < 1.29 is 9.47 Å². The zero-order valence-electron chi connectivity index (χ0n) is 15.9. The average molecular weight is 365 g/mol. The predicted octanol–water partition coefficient (Wildman–Crippen LogP) is 2.95. The Kier molecular flexibility index (Phi) is 7.23. The van der Waals surface area contributed by atoms with Gasteiger partial charge in [0.1, 0.15) is 12.4 Å². The van der Waals surface area contributed by atoms with Crippen molar-refractivity contribution in [2.75, 3.05) is 32.8 Å². The molecule has 1 atom stereocenters.